The molecule has 1 aromatic carbocycles. The van der Waals surface area contributed by atoms with Crippen LogP contribution in [-0.4, -0.2) is 22.7 Å². The second kappa shape index (κ2) is 5.75. The highest BCUT2D eigenvalue weighted by Crippen LogP contribution is 2.35. The number of nitro groups is 1. The maximum absolute atomic E-state index is 12.0. The summed E-state index contributed by atoms with van der Waals surface area (Å²) in [6.07, 6.45) is 0.486. The molecule has 1 aliphatic heterocycles. The van der Waals surface area contributed by atoms with Crippen LogP contribution in [0.4, 0.5) is 11.4 Å². The molecule has 1 aliphatic rings. The molecule has 1 amide bonds. The first-order valence-corrected chi connectivity index (χ1v) is 8.01. The molecule has 1 saturated heterocycles. The molecule has 2 rings (SSSR count). The number of halogens is 1. The van der Waals surface area contributed by atoms with Crippen LogP contribution in [0.5, 0.6) is 0 Å². The maximum atomic E-state index is 12.0. The molecule has 114 valence electrons. The van der Waals surface area contributed by atoms with Crippen LogP contribution in [0.3, 0.4) is 0 Å². The second-order valence-corrected chi connectivity index (χ2v) is 7.08. The van der Waals surface area contributed by atoms with Crippen LogP contribution in [0, 0.1) is 16.0 Å². The minimum Gasteiger partial charge on any atom is -0.312 e. The van der Waals surface area contributed by atoms with Crippen molar-refractivity contribution >= 4 is 33.2 Å². The first kappa shape index (κ1) is 15.9. The van der Waals surface area contributed by atoms with Crippen LogP contribution in [0.2, 0.25) is 0 Å². The Morgan fingerprint density at radius 3 is 2.57 bits per heavy atom. The third kappa shape index (κ3) is 3.26. The predicted molar refractivity (Wildman–Crippen MR) is 86.1 cm³/mol. The Bertz CT molecular complexity index is 581. The highest BCUT2D eigenvalue weighted by atomic mass is 79.9. The Kier molecular flexibility index (Phi) is 4.37. The number of alkyl halides is 1. The van der Waals surface area contributed by atoms with Crippen molar-refractivity contribution in [3.8, 4) is 0 Å². The highest BCUT2D eigenvalue weighted by molar-refractivity contribution is 9.09. The van der Waals surface area contributed by atoms with Gasteiger partial charge in [0.25, 0.3) is 5.69 Å². The molecular weight excluding hydrogens is 336 g/mol. The number of hydrogen-bond donors (Lipinski definition) is 0. The van der Waals surface area contributed by atoms with Crippen molar-refractivity contribution in [3.05, 3.63) is 33.9 Å². The number of nitro benzene ring substituents is 1. The normalized spacial score (nSPS) is 19.1. The van der Waals surface area contributed by atoms with Crippen LogP contribution < -0.4 is 4.90 Å². The van der Waals surface area contributed by atoms with Crippen molar-refractivity contribution in [3.63, 3.8) is 0 Å². The molecule has 5 nitrogen and oxygen atoms in total. The lowest BCUT2D eigenvalue weighted by atomic mass is 9.85. The Hall–Kier alpha value is -1.43. The number of anilines is 1. The fourth-order valence-corrected chi connectivity index (χ4v) is 3.04. The van der Waals surface area contributed by atoms with Gasteiger partial charge in [0.1, 0.15) is 0 Å². The first-order valence-electron chi connectivity index (χ1n) is 6.89. The van der Waals surface area contributed by atoms with Gasteiger partial charge in [0.2, 0.25) is 5.91 Å². The van der Waals surface area contributed by atoms with Gasteiger partial charge >= 0.3 is 0 Å². The highest BCUT2D eigenvalue weighted by Gasteiger charge is 2.32. The molecule has 1 heterocycles. The van der Waals surface area contributed by atoms with E-state index in [2.05, 4.69) is 15.9 Å². The monoisotopic (exact) mass is 354 g/mol. The van der Waals surface area contributed by atoms with E-state index in [0.29, 0.717) is 24.2 Å². The minimum absolute atomic E-state index is 0.0252. The molecule has 0 aliphatic carbocycles. The van der Waals surface area contributed by atoms with E-state index >= 15 is 0 Å². The van der Waals surface area contributed by atoms with Crippen molar-refractivity contribution in [1.82, 2.24) is 0 Å². The molecule has 0 radical (unpaired) electrons. The lowest BCUT2D eigenvalue weighted by molar-refractivity contribution is -0.385. The number of benzene rings is 1. The van der Waals surface area contributed by atoms with Gasteiger partial charge < -0.3 is 4.90 Å². The number of rotatable bonds is 3. The number of carbonyl (C=O) groups is 1. The summed E-state index contributed by atoms with van der Waals surface area (Å²) in [5.74, 6) is 0.288. The Balaban J connectivity index is 2.42. The van der Waals surface area contributed by atoms with Crippen LogP contribution >= 0.6 is 15.9 Å². The number of amides is 1. The average molecular weight is 355 g/mol. The summed E-state index contributed by atoms with van der Waals surface area (Å²) in [4.78, 5) is 24.7. The molecule has 0 aromatic heterocycles. The zero-order valence-corrected chi connectivity index (χ0v) is 14.0. The van der Waals surface area contributed by atoms with E-state index in [1.165, 1.54) is 6.07 Å². The fraction of sp³-hybridized carbons (Fsp3) is 0.533. The average Bonchev–Trinajstić information content (AvgIpc) is 2.78. The largest absolute Gasteiger partial charge is 0.312 e. The van der Waals surface area contributed by atoms with Crippen LogP contribution in [0.15, 0.2) is 18.2 Å². The molecular formula is C15H19BrN2O3. The van der Waals surface area contributed by atoms with E-state index in [-0.39, 0.29) is 27.9 Å². The van der Waals surface area contributed by atoms with Gasteiger partial charge in [-0.3, -0.25) is 14.9 Å². The van der Waals surface area contributed by atoms with Crippen molar-refractivity contribution in [1.29, 1.82) is 0 Å². The first-order chi connectivity index (χ1) is 9.74. The molecule has 0 spiro atoms. The van der Waals surface area contributed by atoms with Gasteiger partial charge in [-0.2, -0.15) is 0 Å². The number of carbonyl (C=O) groups excluding carboxylic acids is 1. The van der Waals surface area contributed by atoms with Crippen LogP contribution in [-0.2, 0) is 10.2 Å². The summed E-state index contributed by atoms with van der Waals surface area (Å²) >= 11 is 3.39. The molecule has 1 unspecified atom stereocenters. The van der Waals surface area contributed by atoms with Crippen molar-refractivity contribution in [2.75, 3.05) is 16.8 Å². The molecule has 1 fully saturated rings. The van der Waals surface area contributed by atoms with E-state index in [1.807, 2.05) is 26.8 Å². The van der Waals surface area contributed by atoms with Gasteiger partial charge in [-0.05, 0) is 23.5 Å². The quantitative estimate of drug-likeness (QED) is 0.472. The second-order valence-electron chi connectivity index (χ2n) is 6.44. The summed E-state index contributed by atoms with van der Waals surface area (Å²) in [5.41, 5.74) is 1.06. The molecule has 6 heteroatoms. The maximum Gasteiger partial charge on any atom is 0.275 e. The molecule has 1 aromatic rings. The molecule has 0 N–H and O–H groups in total. The fourth-order valence-electron chi connectivity index (χ4n) is 2.61. The van der Waals surface area contributed by atoms with E-state index in [4.69, 9.17) is 0 Å². The third-order valence-corrected chi connectivity index (χ3v) is 4.64. The van der Waals surface area contributed by atoms with Gasteiger partial charge in [-0.1, -0.05) is 36.7 Å². The van der Waals surface area contributed by atoms with Crippen molar-refractivity contribution in [2.24, 2.45) is 5.92 Å². The van der Waals surface area contributed by atoms with Crippen LogP contribution in [0.25, 0.3) is 0 Å². The number of hydrogen-bond acceptors (Lipinski definition) is 3. The van der Waals surface area contributed by atoms with Crippen molar-refractivity contribution in [2.45, 2.75) is 32.6 Å². The van der Waals surface area contributed by atoms with Crippen LogP contribution in [0.1, 0.15) is 32.8 Å². The number of nitrogens with zero attached hydrogens (tertiary/aromatic N) is 2. The lowest BCUT2D eigenvalue weighted by Crippen LogP contribution is -2.25. The van der Waals surface area contributed by atoms with E-state index in [1.54, 1.807) is 11.0 Å². The van der Waals surface area contributed by atoms with E-state index in [0.717, 1.165) is 5.33 Å². The topological polar surface area (TPSA) is 63.5 Å². The lowest BCUT2D eigenvalue weighted by Gasteiger charge is -2.21. The summed E-state index contributed by atoms with van der Waals surface area (Å²) < 4.78 is 0. The van der Waals surface area contributed by atoms with E-state index < -0.39 is 0 Å². The minimum atomic E-state index is -0.368. The summed E-state index contributed by atoms with van der Waals surface area (Å²) in [5, 5.41) is 12.1. The van der Waals surface area contributed by atoms with Gasteiger partial charge in [-0.15, -0.1) is 0 Å². The zero-order valence-electron chi connectivity index (χ0n) is 12.4. The third-order valence-electron chi connectivity index (χ3n) is 3.72. The smallest absolute Gasteiger partial charge is 0.275 e. The Labute approximate surface area is 132 Å². The SMILES string of the molecule is CC(C)(C)c1ccc(N2CC(CBr)CC2=O)cc1[N+](=O)[O-]. The Morgan fingerprint density at radius 1 is 1.43 bits per heavy atom. The standard InChI is InChI=1S/C15H19BrN2O3/c1-15(2,3)12-5-4-11(7-13(12)18(20)21)17-9-10(8-16)6-14(17)19/h4-5,7,10H,6,8-9H2,1-3H3. The summed E-state index contributed by atoms with van der Waals surface area (Å²) in [6.45, 7) is 6.43. The summed E-state index contributed by atoms with van der Waals surface area (Å²) in [7, 11) is 0. The zero-order chi connectivity index (χ0) is 15.8. The molecule has 21 heavy (non-hydrogen) atoms. The van der Waals surface area contributed by atoms with Gasteiger partial charge in [0, 0.05) is 29.9 Å². The molecule has 0 bridgehead atoms. The molecule has 0 saturated carbocycles. The summed E-state index contributed by atoms with van der Waals surface area (Å²) in [6, 6.07) is 5.10. The van der Waals surface area contributed by atoms with Gasteiger partial charge in [0.05, 0.1) is 10.6 Å². The predicted octanol–water partition coefficient (Wildman–Crippen LogP) is 3.64. The molecule has 1 atom stereocenters. The Morgan fingerprint density at radius 2 is 2.10 bits per heavy atom. The van der Waals surface area contributed by atoms with E-state index in [9.17, 15) is 14.9 Å². The van der Waals surface area contributed by atoms with Crippen molar-refractivity contribution < 1.29 is 9.72 Å². The van der Waals surface area contributed by atoms with Gasteiger partial charge in [-0.25, -0.2) is 0 Å². The van der Waals surface area contributed by atoms with Gasteiger partial charge in [0.15, 0.2) is 0 Å².